The Hall–Kier alpha value is -2.92. The van der Waals surface area contributed by atoms with Gasteiger partial charge in [-0.15, -0.1) is 0 Å². The topological polar surface area (TPSA) is 99.5 Å². The Bertz CT molecular complexity index is 1100. The van der Waals surface area contributed by atoms with Gasteiger partial charge in [0.15, 0.2) is 11.5 Å². The second-order valence-electron chi connectivity index (χ2n) is 6.26. The van der Waals surface area contributed by atoms with Crippen molar-refractivity contribution in [3.8, 4) is 23.3 Å². The second kappa shape index (κ2) is 6.35. The molecule has 2 aliphatic rings. The van der Waals surface area contributed by atoms with Crippen LogP contribution in [0.4, 0.5) is 0 Å². The molecule has 1 unspecified atom stereocenters. The lowest BCUT2D eigenvalue weighted by Gasteiger charge is -2.27. The van der Waals surface area contributed by atoms with E-state index in [2.05, 4.69) is 22.0 Å². The van der Waals surface area contributed by atoms with E-state index in [9.17, 15) is 10.1 Å². The second-order valence-corrected chi connectivity index (χ2v) is 7.12. The molecule has 1 atom stereocenters. The van der Waals surface area contributed by atoms with Gasteiger partial charge >= 0.3 is 0 Å². The molecule has 2 aromatic rings. The first kappa shape index (κ1) is 17.5. The number of aromatic nitrogens is 1. The van der Waals surface area contributed by atoms with Crippen molar-refractivity contribution in [3.63, 3.8) is 0 Å². The minimum absolute atomic E-state index is 0.00684. The van der Waals surface area contributed by atoms with Crippen LogP contribution in [0.25, 0.3) is 0 Å². The Morgan fingerprint density at radius 1 is 1.30 bits per heavy atom. The number of hydrogen-bond donors (Lipinski definition) is 1. The fraction of sp³-hybridized carbons (Fsp3) is 0.263. The number of benzene rings is 1. The number of halogens is 1. The molecule has 0 saturated heterocycles. The molecule has 2 aliphatic heterocycles. The summed E-state index contributed by atoms with van der Waals surface area (Å²) >= 11 is 3.53. The van der Waals surface area contributed by atoms with Crippen LogP contribution in [0.1, 0.15) is 29.7 Å². The highest BCUT2D eigenvalue weighted by Gasteiger charge is 2.36. The maximum Gasteiger partial charge on any atom is 0.258 e. The molecule has 138 valence electrons. The summed E-state index contributed by atoms with van der Waals surface area (Å²) in [5.74, 6) is 0.845. The number of nitrogens with zero attached hydrogens (tertiary/aromatic N) is 2. The average molecular weight is 430 g/mol. The van der Waals surface area contributed by atoms with Gasteiger partial charge in [-0.1, -0.05) is 15.9 Å². The molecule has 3 heterocycles. The van der Waals surface area contributed by atoms with Crippen LogP contribution in [0.5, 0.6) is 17.2 Å². The van der Waals surface area contributed by atoms with E-state index in [1.807, 2.05) is 13.8 Å². The first-order valence-electron chi connectivity index (χ1n) is 8.37. The van der Waals surface area contributed by atoms with Gasteiger partial charge in [0.1, 0.15) is 17.4 Å². The summed E-state index contributed by atoms with van der Waals surface area (Å²) in [5, 5.41) is 9.73. The highest BCUT2D eigenvalue weighted by molar-refractivity contribution is 9.10. The number of fused-ring (bicyclic) bond motifs is 2. The number of aryl methyl sites for hydroxylation is 1. The SMILES string of the molecule is CCn1c(C)cc2c(c1=O)C(c1cc3c(cc1Br)OCO3)C(C#N)=C(N)O2. The van der Waals surface area contributed by atoms with Crippen molar-refractivity contribution in [3.05, 3.63) is 61.3 Å². The van der Waals surface area contributed by atoms with Gasteiger partial charge in [-0.3, -0.25) is 4.79 Å². The molecule has 0 saturated carbocycles. The van der Waals surface area contributed by atoms with Crippen molar-refractivity contribution in [2.75, 3.05) is 6.79 Å². The maximum absolute atomic E-state index is 13.2. The molecule has 1 aromatic heterocycles. The number of nitrogens with two attached hydrogens (primary N) is 1. The van der Waals surface area contributed by atoms with Gasteiger partial charge in [0, 0.05) is 22.8 Å². The molecule has 0 radical (unpaired) electrons. The predicted molar refractivity (Wildman–Crippen MR) is 101 cm³/mol. The summed E-state index contributed by atoms with van der Waals surface area (Å²) in [6.45, 7) is 4.36. The van der Waals surface area contributed by atoms with Gasteiger partial charge in [0.2, 0.25) is 12.7 Å². The lowest BCUT2D eigenvalue weighted by Crippen LogP contribution is -2.32. The van der Waals surface area contributed by atoms with E-state index in [4.69, 9.17) is 19.9 Å². The van der Waals surface area contributed by atoms with Crippen LogP contribution in [-0.2, 0) is 6.54 Å². The van der Waals surface area contributed by atoms with E-state index < -0.39 is 5.92 Å². The molecule has 0 amide bonds. The Balaban J connectivity index is 2.03. The summed E-state index contributed by atoms with van der Waals surface area (Å²) in [6, 6.07) is 7.42. The van der Waals surface area contributed by atoms with Gasteiger partial charge in [0.25, 0.3) is 5.56 Å². The normalized spacial score (nSPS) is 17.3. The summed E-state index contributed by atoms with van der Waals surface area (Å²) in [6.07, 6.45) is 0. The molecular weight excluding hydrogens is 414 g/mol. The van der Waals surface area contributed by atoms with E-state index in [0.717, 1.165) is 5.69 Å². The first-order chi connectivity index (χ1) is 13.0. The van der Waals surface area contributed by atoms with Crippen molar-refractivity contribution in [1.82, 2.24) is 4.57 Å². The number of rotatable bonds is 2. The summed E-state index contributed by atoms with van der Waals surface area (Å²) in [7, 11) is 0. The maximum atomic E-state index is 13.2. The number of hydrogen-bond acceptors (Lipinski definition) is 6. The molecule has 0 bridgehead atoms. The minimum atomic E-state index is -0.673. The van der Waals surface area contributed by atoms with E-state index in [0.29, 0.717) is 39.4 Å². The van der Waals surface area contributed by atoms with Crippen LogP contribution in [0.3, 0.4) is 0 Å². The molecule has 0 aliphatic carbocycles. The molecule has 0 fully saturated rings. The van der Waals surface area contributed by atoms with E-state index in [-0.39, 0.29) is 23.8 Å². The van der Waals surface area contributed by atoms with E-state index in [1.165, 1.54) is 0 Å². The Kier molecular flexibility index (Phi) is 4.12. The van der Waals surface area contributed by atoms with Gasteiger partial charge in [0.05, 0.1) is 11.5 Å². The summed E-state index contributed by atoms with van der Waals surface area (Å²) in [5.41, 5.74) is 7.83. The predicted octanol–water partition coefficient (Wildman–Crippen LogP) is 2.89. The van der Waals surface area contributed by atoms with Crippen molar-refractivity contribution in [1.29, 1.82) is 5.26 Å². The van der Waals surface area contributed by atoms with E-state index in [1.54, 1.807) is 22.8 Å². The van der Waals surface area contributed by atoms with E-state index >= 15 is 0 Å². The molecule has 1 aromatic carbocycles. The summed E-state index contributed by atoms with van der Waals surface area (Å²) in [4.78, 5) is 13.2. The van der Waals surface area contributed by atoms with Gasteiger partial charge in [-0.25, -0.2) is 0 Å². The number of allylic oxidation sites excluding steroid dienone is 1. The molecule has 4 rings (SSSR count). The standard InChI is InChI=1S/C19H16BrN3O4/c1-3-23-9(2)4-15-17(19(23)24)16(11(7-21)18(22)27-15)10-5-13-14(6-12(10)20)26-8-25-13/h4-6,16H,3,8,22H2,1-2H3. The third kappa shape index (κ3) is 2.58. The zero-order valence-corrected chi connectivity index (χ0v) is 16.3. The zero-order chi connectivity index (χ0) is 19.3. The summed E-state index contributed by atoms with van der Waals surface area (Å²) < 4.78 is 18.8. The highest BCUT2D eigenvalue weighted by Crippen LogP contribution is 2.46. The number of ether oxygens (including phenoxy) is 3. The molecule has 7 nitrogen and oxygen atoms in total. The van der Waals surface area contributed by atoms with Crippen LogP contribution < -0.4 is 25.5 Å². The Labute approximate surface area is 163 Å². The largest absolute Gasteiger partial charge is 0.454 e. The smallest absolute Gasteiger partial charge is 0.258 e. The van der Waals surface area contributed by atoms with Gasteiger partial charge in [-0.05, 0) is 31.5 Å². The average Bonchev–Trinajstić information content (AvgIpc) is 3.07. The molecule has 0 spiro atoms. The molecular formula is C19H16BrN3O4. The lowest BCUT2D eigenvalue weighted by molar-refractivity contribution is 0.174. The quantitative estimate of drug-likeness (QED) is 0.787. The minimum Gasteiger partial charge on any atom is -0.454 e. The Morgan fingerprint density at radius 2 is 2.00 bits per heavy atom. The molecule has 8 heteroatoms. The van der Waals surface area contributed by atoms with Crippen LogP contribution in [0.2, 0.25) is 0 Å². The zero-order valence-electron chi connectivity index (χ0n) is 14.7. The fourth-order valence-corrected chi connectivity index (χ4v) is 4.10. The number of nitriles is 1. The van der Waals surface area contributed by atoms with Crippen molar-refractivity contribution >= 4 is 15.9 Å². The van der Waals surface area contributed by atoms with Crippen LogP contribution >= 0.6 is 15.9 Å². The third-order valence-corrected chi connectivity index (χ3v) is 5.50. The lowest BCUT2D eigenvalue weighted by atomic mass is 9.84. The Morgan fingerprint density at radius 3 is 2.67 bits per heavy atom. The monoisotopic (exact) mass is 429 g/mol. The van der Waals surface area contributed by atoms with Crippen LogP contribution in [0, 0.1) is 18.3 Å². The van der Waals surface area contributed by atoms with Gasteiger partial charge in [-0.2, -0.15) is 5.26 Å². The highest BCUT2D eigenvalue weighted by atomic mass is 79.9. The molecule has 2 N–H and O–H groups in total. The van der Waals surface area contributed by atoms with Crippen molar-refractivity contribution < 1.29 is 14.2 Å². The number of pyridine rings is 1. The fourth-order valence-electron chi connectivity index (χ4n) is 3.54. The van der Waals surface area contributed by atoms with Crippen LogP contribution in [0.15, 0.2) is 38.9 Å². The molecule has 27 heavy (non-hydrogen) atoms. The van der Waals surface area contributed by atoms with Crippen molar-refractivity contribution in [2.24, 2.45) is 5.73 Å². The van der Waals surface area contributed by atoms with Crippen molar-refractivity contribution in [2.45, 2.75) is 26.3 Å². The first-order valence-corrected chi connectivity index (χ1v) is 9.16. The third-order valence-electron chi connectivity index (χ3n) is 4.81. The van der Waals surface area contributed by atoms with Crippen LogP contribution in [-0.4, -0.2) is 11.4 Å². The van der Waals surface area contributed by atoms with Gasteiger partial charge < -0.3 is 24.5 Å².